The van der Waals surface area contributed by atoms with Crippen LogP contribution in [0.2, 0.25) is 0 Å². The molecule has 1 rings (SSSR count). The summed E-state index contributed by atoms with van der Waals surface area (Å²) in [6, 6.07) is 7.64. The van der Waals surface area contributed by atoms with E-state index in [0.717, 1.165) is 11.3 Å². The standard InChI is InChI=1S/C14H18O4/c1-11-3-6-13(7-4-11)17-9-10-18-14(16)8-5-12(2)15/h3-4,6-7H,5,8-10H2,1-2H3. The van der Waals surface area contributed by atoms with Crippen LogP contribution in [-0.4, -0.2) is 25.0 Å². The number of ether oxygens (including phenoxy) is 2. The molecule has 0 aliphatic carbocycles. The topological polar surface area (TPSA) is 52.6 Å². The molecule has 0 saturated carbocycles. The van der Waals surface area contributed by atoms with Crippen LogP contribution in [-0.2, 0) is 14.3 Å². The molecule has 98 valence electrons. The molecule has 18 heavy (non-hydrogen) atoms. The Hall–Kier alpha value is -1.84. The third kappa shape index (κ3) is 6.03. The summed E-state index contributed by atoms with van der Waals surface area (Å²) in [4.78, 5) is 21.8. The minimum Gasteiger partial charge on any atom is -0.490 e. The summed E-state index contributed by atoms with van der Waals surface area (Å²) in [5.41, 5.74) is 1.16. The van der Waals surface area contributed by atoms with E-state index in [-0.39, 0.29) is 31.2 Å². The highest BCUT2D eigenvalue weighted by Gasteiger charge is 2.04. The maximum Gasteiger partial charge on any atom is 0.306 e. The van der Waals surface area contributed by atoms with E-state index in [1.807, 2.05) is 31.2 Å². The second kappa shape index (κ2) is 7.48. The normalized spacial score (nSPS) is 9.89. The van der Waals surface area contributed by atoms with Gasteiger partial charge in [-0.2, -0.15) is 0 Å². The van der Waals surface area contributed by atoms with Gasteiger partial charge in [-0.25, -0.2) is 0 Å². The van der Waals surface area contributed by atoms with E-state index in [9.17, 15) is 9.59 Å². The van der Waals surface area contributed by atoms with Crippen molar-refractivity contribution in [3.63, 3.8) is 0 Å². The zero-order chi connectivity index (χ0) is 13.4. The number of hydrogen-bond acceptors (Lipinski definition) is 4. The first-order valence-corrected chi connectivity index (χ1v) is 5.92. The van der Waals surface area contributed by atoms with Crippen molar-refractivity contribution in [2.45, 2.75) is 26.7 Å². The number of aryl methyl sites for hydroxylation is 1. The molecule has 0 amide bonds. The maximum atomic E-state index is 11.2. The molecule has 4 heteroatoms. The van der Waals surface area contributed by atoms with E-state index in [1.165, 1.54) is 6.92 Å². The lowest BCUT2D eigenvalue weighted by Crippen LogP contribution is -2.12. The molecule has 0 aliphatic rings. The Labute approximate surface area is 107 Å². The van der Waals surface area contributed by atoms with Crippen LogP contribution in [0.15, 0.2) is 24.3 Å². The Balaban J connectivity index is 2.13. The molecule has 4 nitrogen and oxygen atoms in total. The first-order valence-electron chi connectivity index (χ1n) is 5.92. The lowest BCUT2D eigenvalue weighted by atomic mass is 10.2. The van der Waals surface area contributed by atoms with Gasteiger partial charge < -0.3 is 14.3 Å². The second-order valence-corrected chi connectivity index (χ2v) is 4.08. The molecule has 0 aliphatic heterocycles. The molecule has 0 spiro atoms. The number of carbonyl (C=O) groups is 2. The molecular weight excluding hydrogens is 232 g/mol. The Bertz CT molecular complexity index is 395. The Kier molecular flexibility index (Phi) is 5.91. The maximum absolute atomic E-state index is 11.2. The summed E-state index contributed by atoms with van der Waals surface area (Å²) in [6.45, 7) is 3.97. The van der Waals surface area contributed by atoms with Gasteiger partial charge in [0.05, 0.1) is 6.42 Å². The minimum atomic E-state index is -0.363. The molecule has 0 fully saturated rings. The average molecular weight is 250 g/mol. The van der Waals surface area contributed by atoms with Crippen molar-refractivity contribution >= 4 is 11.8 Å². The van der Waals surface area contributed by atoms with Gasteiger partial charge in [-0.3, -0.25) is 4.79 Å². The summed E-state index contributed by atoms with van der Waals surface area (Å²) < 4.78 is 10.3. The molecule has 0 aromatic heterocycles. The van der Waals surface area contributed by atoms with Gasteiger partial charge in [0.25, 0.3) is 0 Å². The monoisotopic (exact) mass is 250 g/mol. The molecule has 0 saturated heterocycles. The lowest BCUT2D eigenvalue weighted by molar-refractivity contribution is -0.145. The third-order valence-electron chi connectivity index (χ3n) is 2.32. The van der Waals surface area contributed by atoms with Crippen molar-refractivity contribution in [1.29, 1.82) is 0 Å². The summed E-state index contributed by atoms with van der Waals surface area (Å²) in [6.07, 6.45) is 0.373. The number of ketones is 1. The van der Waals surface area contributed by atoms with Gasteiger partial charge in [-0.15, -0.1) is 0 Å². The quantitative estimate of drug-likeness (QED) is 0.550. The number of Topliss-reactive ketones (excluding diaryl/α,β-unsaturated/α-hetero) is 1. The fourth-order valence-electron chi connectivity index (χ4n) is 1.30. The Morgan fingerprint density at radius 3 is 2.33 bits per heavy atom. The summed E-state index contributed by atoms with van der Waals surface area (Å²) >= 11 is 0. The van der Waals surface area contributed by atoms with Crippen LogP contribution in [0, 0.1) is 6.92 Å². The van der Waals surface area contributed by atoms with Gasteiger partial charge in [0.15, 0.2) is 0 Å². The Morgan fingerprint density at radius 2 is 1.72 bits per heavy atom. The lowest BCUT2D eigenvalue weighted by Gasteiger charge is -2.07. The number of rotatable bonds is 7. The molecule has 0 atom stereocenters. The molecular formula is C14H18O4. The zero-order valence-corrected chi connectivity index (χ0v) is 10.8. The van der Waals surface area contributed by atoms with Gasteiger partial charge in [0.1, 0.15) is 24.7 Å². The average Bonchev–Trinajstić information content (AvgIpc) is 2.34. The predicted molar refractivity (Wildman–Crippen MR) is 67.5 cm³/mol. The number of benzene rings is 1. The van der Waals surface area contributed by atoms with Crippen molar-refractivity contribution in [1.82, 2.24) is 0 Å². The van der Waals surface area contributed by atoms with Crippen molar-refractivity contribution in [2.75, 3.05) is 13.2 Å². The van der Waals surface area contributed by atoms with Gasteiger partial charge in [-0.05, 0) is 26.0 Å². The molecule has 0 bridgehead atoms. The number of esters is 1. The molecule has 0 N–H and O–H groups in total. The molecule has 1 aromatic rings. The Morgan fingerprint density at radius 1 is 1.06 bits per heavy atom. The largest absolute Gasteiger partial charge is 0.490 e. The van der Waals surface area contributed by atoms with Gasteiger partial charge >= 0.3 is 5.97 Å². The SMILES string of the molecule is CC(=O)CCC(=O)OCCOc1ccc(C)cc1. The molecule has 0 radical (unpaired) electrons. The van der Waals surface area contributed by atoms with Crippen LogP contribution in [0.1, 0.15) is 25.3 Å². The van der Waals surface area contributed by atoms with Crippen LogP contribution in [0.5, 0.6) is 5.75 Å². The van der Waals surface area contributed by atoms with Crippen LogP contribution in [0.3, 0.4) is 0 Å². The van der Waals surface area contributed by atoms with Crippen LogP contribution < -0.4 is 4.74 Å². The fourth-order valence-corrected chi connectivity index (χ4v) is 1.30. The van der Waals surface area contributed by atoms with Crippen molar-refractivity contribution in [3.05, 3.63) is 29.8 Å². The zero-order valence-electron chi connectivity index (χ0n) is 10.8. The van der Waals surface area contributed by atoms with E-state index in [0.29, 0.717) is 6.61 Å². The molecule has 1 aromatic carbocycles. The fraction of sp³-hybridized carbons (Fsp3) is 0.429. The van der Waals surface area contributed by atoms with Gasteiger partial charge in [0, 0.05) is 6.42 Å². The van der Waals surface area contributed by atoms with Crippen molar-refractivity contribution < 1.29 is 19.1 Å². The van der Waals surface area contributed by atoms with Crippen LogP contribution >= 0.6 is 0 Å². The van der Waals surface area contributed by atoms with E-state index in [1.54, 1.807) is 0 Å². The number of carbonyl (C=O) groups excluding carboxylic acids is 2. The summed E-state index contributed by atoms with van der Waals surface area (Å²) in [5.74, 6) is 0.376. The number of hydrogen-bond donors (Lipinski definition) is 0. The van der Waals surface area contributed by atoms with E-state index < -0.39 is 0 Å². The second-order valence-electron chi connectivity index (χ2n) is 4.08. The highest BCUT2D eigenvalue weighted by Crippen LogP contribution is 2.10. The van der Waals surface area contributed by atoms with Crippen molar-refractivity contribution in [3.8, 4) is 5.75 Å². The predicted octanol–water partition coefficient (Wildman–Crippen LogP) is 2.29. The molecule has 0 heterocycles. The van der Waals surface area contributed by atoms with E-state index >= 15 is 0 Å². The summed E-state index contributed by atoms with van der Waals surface area (Å²) in [5, 5.41) is 0. The third-order valence-corrected chi connectivity index (χ3v) is 2.32. The van der Waals surface area contributed by atoms with Crippen LogP contribution in [0.25, 0.3) is 0 Å². The van der Waals surface area contributed by atoms with Gasteiger partial charge in [-0.1, -0.05) is 17.7 Å². The smallest absolute Gasteiger partial charge is 0.306 e. The summed E-state index contributed by atoms with van der Waals surface area (Å²) in [7, 11) is 0. The highest BCUT2D eigenvalue weighted by atomic mass is 16.6. The van der Waals surface area contributed by atoms with E-state index in [4.69, 9.17) is 9.47 Å². The van der Waals surface area contributed by atoms with Gasteiger partial charge in [0.2, 0.25) is 0 Å². The molecule has 0 unspecified atom stereocenters. The first-order chi connectivity index (χ1) is 8.58. The first kappa shape index (κ1) is 14.2. The van der Waals surface area contributed by atoms with Crippen LogP contribution in [0.4, 0.5) is 0 Å². The van der Waals surface area contributed by atoms with E-state index in [2.05, 4.69) is 0 Å². The van der Waals surface area contributed by atoms with Crippen molar-refractivity contribution in [2.24, 2.45) is 0 Å². The highest BCUT2D eigenvalue weighted by molar-refractivity contribution is 5.80. The minimum absolute atomic E-state index is 0.0112.